The van der Waals surface area contributed by atoms with Crippen LogP contribution < -0.4 is 14.8 Å². The SMILES string of the molecule is COc1cc([C@H]2C(C(C)=O)=C(C)Nc3ncnn32)cc(Br)c1OC. The maximum atomic E-state index is 12.3. The number of hydrogen-bond donors (Lipinski definition) is 1. The summed E-state index contributed by atoms with van der Waals surface area (Å²) in [5.41, 5.74) is 2.24. The van der Waals surface area contributed by atoms with Crippen LogP contribution in [0.2, 0.25) is 0 Å². The zero-order valence-electron chi connectivity index (χ0n) is 13.8. The van der Waals surface area contributed by atoms with Gasteiger partial charge in [-0.25, -0.2) is 4.68 Å². The Labute approximate surface area is 147 Å². The Kier molecular flexibility index (Phi) is 4.31. The minimum absolute atomic E-state index is 0.0305. The second kappa shape index (κ2) is 6.27. The Morgan fingerprint density at radius 3 is 2.71 bits per heavy atom. The quantitative estimate of drug-likeness (QED) is 0.861. The number of Topliss-reactive ketones (excluding diaryl/α,β-unsaturated/α-hetero) is 1. The summed E-state index contributed by atoms with van der Waals surface area (Å²) in [6, 6.07) is 3.36. The molecule has 0 bridgehead atoms. The van der Waals surface area contributed by atoms with E-state index in [4.69, 9.17) is 9.47 Å². The fraction of sp³-hybridized carbons (Fsp3) is 0.312. The van der Waals surface area contributed by atoms with Crippen LogP contribution in [0.15, 0.2) is 34.2 Å². The lowest BCUT2D eigenvalue weighted by Gasteiger charge is -2.28. The lowest BCUT2D eigenvalue weighted by Crippen LogP contribution is -2.27. The van der Waals surface area contributed by atoms with Gasteiger partial charge in [-0.3, -0.25) is 4.79 Å². The van der Waals surface area contributed by atoms with Crippen LogP contribution in [0.25, 0.3) is 0 Å². The van der Waals surface area contributed by atoms with Gasteiger partial charge >= 0.3 is 0 Å². The maximum Gasteiger partial charge on any atom is 0.226 e. The van der Waals surface area contributed by atoms with Crippen LogP contribution in [-0.4, -0.2) is 34.8 Å². The molecule has 1 aromatic heterocycles. The number of rotatable bonds is 4. The highest BCUT2D eigenvalue weighted by Gasteiger charge is 2.32. The lowest BCUT2D eigenvalue weighted by molar-refractivity contribution is -0.114. The van der Waals surface area contributed by atoms with Gasteiger partial charge in [0.25, 0.3) is 0 Å². The molecule has 0 unspecified atom stereocenters. The minimum Gasteiger partial charge on any atom is -0.493 e. The molecule has 7 nitrogen and oxygen atoms in total. The van der Waals surface area contributed by atoms with Gasteiger partial charge in [-0.15, -0.1) is 0 Å². The minimum atomic E-state index is -0.391. The topological polar surface area (TPSA) is 78.3 Å². The van der Waals surface area contributed by atoms with Gasteiger partial charge in [0.15, 0.2) is 17.3 Å². The smallest absolute Gasteiger partial charge is 0.226 e. The molecular formula is C16H17BrN4O3. The molecule has 24 heavy (non-hydrogen) atoms. The summed E-state index contributed by atoms with van der Waals surface area (Å²) in [5.74, 6) is 1.73. The van der Waals surface area contributed by atoms with Crippen LogP contribution in [0.5, 0.6) is 11.5 Å². The van der Waals surface area contributed by atoms with Crippen LogP contribution in [-0.2, 0) is 4.79 Å². The van der Waals surface area contributed by atoms with E-state index in [1.165, 1.54) is 6.33 Å². The van der Waals surface area contributed by atoms with Gasteiger partial charge in [0.1, 0.15) is 12.4 Å². The molecule has 0 radical (unpaired) electrons. The summed E-state index contributed by atoms with van der Waals surface area (Å²) in [6.07, 6.45) is 1.46. The first-order valence-electron chi connectivity index (χ1n) is 7.27. The Balaban J connectivity index is 2.24. The summed E-state index contributed by atoms with van der Waals surface area (Å²) in [5, 5.41) is 7.40. The number of halogens is 1. The number of carbonyl (C=O) groups is 1. The van der Waals surface area contributed by atoms with Crippen molar-refractivity contribution in [3.63, 3.8) is 0 Å². The Morgan fingerprint density at radius 2 is 2.08 bits per heavy atom. The number of methoxy groups -OCH3 is 2. The molecule has 8 heteroatoms. The fourth-order valence-electron chi connectivity index (χ4n) is 2.95. The molecule has 0 amide bonds. The maximum absolute atomic E-state index is 12.3. The number of ether oxygens (including phenoxy) is 2. The summed E-state index contributed by atoms with van der Waals surface area (Å²) in [4.78, 5) is 16.5. The zero-order chi connectivity index (χ0) is 17.4. The second-order valence-electron chi connectivity index (χ2n) is 5.39. The van der Waals surface area contributed by atoms with Crippen molar-refractivity contribution in [3.8, 4) is 11.5 Å². The van der Waals surface area contributed by atoms with Crippen molar-refractivity contribution in [2.45, 2.75) is 19.9 Å². The first kappa shape index (κ1) is 16.5. The van der Waals surface area contributed by atoms with Crippen LogP contribution in [0.1, 0.15) is 25.5 Å². The second-order valence-corrected chi connectivity index (χ2v) is 6.24. The van der Waals surface area contributed by atoms with Gasteiger partial charge in [0.2, 0.25) is 5.95 Å². The Morgan fingerprint density at radius 1 is 1.33 bits per heavy atom. The van der Waals surface area contributed by atoms with E-state index < -0.39 is 6.04 Å². The first-order valence-corrected chi connectivity index (χ1v) is 8.06. The van der Waals surface area contributed by atoms with Gasteiger partial charge < -0.3 is 14.8 Å². The number of ketones is 1. The van der Waals surface area contributed by atoms with E-state index in [1.54, 1.807) is 25.8 Å². The van der Waals surface area contributed by atoms with E-state index >= 15 is 0 Å². The Hall–Kier alpha value is -2.35. The monoisotopic (exact) mass is 392 g/mol. The number of fused-ring (bicyclic) bond motifs is 1. The van der Waals surface area contributed by atoms with Crippen molar-refractivity contribution < 1.29 is 14.3 Å². The highest BCUT2D eigenvalue weighted by molar-refractivity contribution is 9.10. The molecule has 126 valence electrons. The van der Waals surface area contributed by atoms with Crippen molar-refractivity contribution in [1.82, 2.24) is 14.8 Å². The standard InChI is InChI=1S/C16H17BrN4O3/c1-8-13(9(2)22)14(21-16(20-8)18-7-19-21)10-5-11(17)15(24-4)12(6-10)23-3/h5-7,14H,1-4H3,(H,18,19,20)/t14-/m0/s1. The number of aromatic nitrogens is 3. The van der Waals surface area contributed by atoms with E-state index in [0.29, 0.717) is 23.0 Å². The number of hydrogen-bond acceptors (Lipinski definition) is 6. The summed E-state index contributed by atoms with van der Waals surface area (Å²) >= 11 is 3.50. The van der Waals surface area contributed by atoms with Gasteiger partial charge in [-0.2, -0.15) is 10.1 Å². The van der Waals surface area contributed by atoms with E-state index in [-0.39, 0.29) is 5.78 Å². The molecule has 1 atom stereocenters. The molecule has 0 aliphatic carbocycles. The molecule has 1 aliphatic heterocycles. The van der Waals surface area contributed by atoms with Crippen LogP contribution in [0, 0.1) is 0 Å². The predicted octanol–water partition coefficient (Wildman–Crippen LogP) is 2.94. The van der Waals surface area contributed by atoms with Crippen molar-refractivity contribution in [2.24, 2.45) is 0 Å². The molecule has 1 N–H and O–H groups in total. The van der Waals surface area contributed by atoms with E-state index in [2.05, 4.69) is 31.3 Å². The molecule has 3 rings (SSSR count). The third-order valence-electron chi connectivity index (χ3n) is 3.95. The van der Waals surface area contributed by atoms with Crippen molar-refractivity contribution in [2.75, 3.05) is 19.5 Å². The lowest BCUT2D eigenvalue weighted by atomic mass is 9.93. The molecular weight excluding hydrogens is 376 g/mol. The van der Waals surface area contributed by atoms with Gasteiger partial charge in [-0.05, 0) is 47.5 Å². The largest absolute Gasteiger partial charge is 0.493 e. The van der Waals surface area contributed by atoms with E-state index in [9.17, 15) is 4.79 Å². The average molecular weight is 393 g/mol. The van der Waals surface area contributed by atoms with E-state index in [1.807, 2.05) is 19.1 Å². The summed E-state index contributed by atoms with van der Waals surface area (Å²) in [7, 11) is 3.15. The van der Waals surface area contributed by atoms with E-state index in [0.717, 1.165) is 15.7 Å². The Bertz CT molecular complexity index is 844. The van der Waals surface area contributed by atoms with Crippen LogP contribution in [0.4, 0.5) is 5.95 Å². The fourth-order valence-corrected chi connectivity index (χ4v) is 3.57. The van der Waals surface area contributed by atoms with Crippen molar-refractivity contribution in [3.05, 3.63) is 39.8 Å². The molecule has 0 saturated carbocycles. The predicted molar refractivity (Wildman–Crippen MR) is 92.4 cm³/mol. The van der Waals surface area contributed by atoms with Gasteiger partial charge in [0, 0.05) is 11.3 Å². The first-order chi connectivity index (χ1) is 11.5. The zero-order valence-corrected chi connectivity index (χ0v) is 15.3. The molecule has 0 saturated heterocycles. The summed E-state index contributed by atoms with van der Waals surface area (Å²) < 4.78 is 13.2. The molecule has 0 spiro atoms. The van der Waals surface area contributed by atoms with Crippen LogP contribution in [0.3, 0.4) is 0 Å². The number of nitrogens with zero attached hydrogens (tertiary/aromatic N) is 3. The number of allylic oxidation sites excluding steroid dienone is 2. The summed E-state index contributed by atoms with van der Waals surface area (Å²) in [6.45, 7) is 3.41. The highest BCUT2D eigenvalue weighted by atomic mass is 79.9. The number of anilines is 1. The molecule has 2 heterocycles. The van der Waals surface area contributed by atoms with Crippen molar-refractivity contribution >= 4 is 27.7 Å². The van der Waals surface area contributed by atoms with Crippen molar-refractivity contribution in [1.29, 1.82) is 0 Å². The molecule has 1 aliphatic rings. The van der Waals surface area contributed by atoms with Gasteiger partial charge in [0.05, 0.1) is 18.7 Å². The molecule has 2 aromatic rings. The third kappa shape index (κ3) is 2.56. The number of carbonyl (C=O) groups excluding carboxylic acids is 1. The molecule has 0 fully saturated rings. The average Bonchev–Trinajstić information content (AvgIpc) is 3.00. The molecule has 1 aromatic carbocycles. The van der Waals surface area contributed by atoms with Gasteiger partial charge in [-0.1, -0.05) is 0 Å². The third-order valence-corrected chi connectivity index (χ3v) is 4.53. The number of nitrogens with one attached hydrogen (secondary N) is 1. The number of benzene rings is 1. The van der Waals surface area contributed by atoms with Crippen LogP contribution >= 0.6 is 15.9 Å². The normalized spacial score (nSPS) is 16.5. The highest BCUT2D eigenvalue weighted by Crippen LogP contribution is 2.42.